The van der Waals surface area contributed by atoms with E-state index in [-0.39, 0.29) is 5.69 Å². The molecule has 4 aromatic rings. The van der Waals surface area contributed by atoms with E-state index in [9.17, 15) is 4.79 Å². The fourth-order valence-electron chi connectivity index (χ4n) is 4.05. The van der Waals surface area contributed by atoms with Crippen LogP contribution in [0.2, 0.25) is 0 Å². The molecule has 192 valence electrons. The molecule has 1 fully saturated rings. The van der Waals surface area contributed by atoms with Crippen molar-refractivity contribution in [3.8, 4) is 22.1 Å². The van der Waals surface area contributed by atoms with Crippen LogP contribution in [0.15, 0.2) is 41.8 Å². The fourth-order valence-corrected chi connectivity index (χ4v) is 5.85. The topological polar surface area (TPSA) is 115 Å². The number of anilines is 2. The van der Waals surface area contributed by atoms with Gasteiger partial charge in [-0.25, -0.2) is 15.0 Å². The number of hydrogen-bond acceptors (Lipinski definition) is 10. The smallest absolute Gasteiger partial charge is 0.268 e. The van der Waals surface area contributed by atoms with Crippen molar-refractivity contribution < 1.29 is 14.3 Å². The minimum absolute atomic E-state index is 0.262. The molecule has 0 unspecified atom stereocenters. The molecule has 0 bridgehead atoms. The number of amides is 1. The number of aromatic nitrogens is 3. The first-order chi connectivity index (χ1) is 18.0. The van der Waals surface area contributed by atoms with Crippen LogP contribution in [-0.2, 0) is 6.54 Å². The highest BCUT2D eigenvalue weighted by Gasteiger charge is 2.18. The first kappa shape index (κ1) is 25.2. The lowest BCUT2D eigenvalue weighted by Gasteiger charge is -2.17. The maximum atomic E-state index is 11.5. The predicted molar refractivity (Wildman–Crippen MR) is 149 cm³/mol. The molecule has 1 saturated heterocycles. The van der Waals surface area contributed by atoms with Crippen molar-refractivity contribution in [1.29, 1.82) is 0 Å². The van der Waals surface area contributed by atoms with E-state index in [0.29, 0.717) is 37.1 Å². The Morgan fingerprint density at radius 2 is 1.92 bits per heavy atom. The van der Waals surface area contributed by atoms with Gasteiger partial charge in [-0.3, -0.25) is 9.69 Å². The molecule has 1 aliphatic heterocycles. The highest BCUT2D eigenvalue weighted by molar-refractivity contribution is 7.99. The minimum Gasteiger partial charge on any atom is -0.490 e. The van der Waals surface area contributed by atoms with Gasteiger partial charge in [-0.1, -0.05) is 12.1 Å². The molecule has 3 N–H and O–H groups in total. The molecule has 37 heavy (non-hydrogen) atoms. The Balaban J connectivity index is 1.55. The average molecular weight is 537 g/mol. The Hall–Kier alpha value is -3.41. The monoisotopic (exact) mass is 536 g/mol. The molecule has 0 saturated carbocycles. The Kier molecular flexibility index (Phi) is 7.73. The molecule has 1 amide bonds. The molecular formula is C26H28N6O3S2. The Morgan fingerprint density at radius 1 is 1.11 bits per heavy atom. The third kappa shape index (κ3) is 5.79. The van der Waals surface area contributed by atoms with Crippen molar-refractivity contribution in [2.24, 2.45) is 5.73 Å². The number of thioether (sulfide) groups is 1. The second-order valence-corrected chi connectivity index (χ2v) is 10.3. The van der Waals surface area contributed by atoms with Crippen LogP contribution in [0.4, 0.5) is 11.5 Å². The molecule has 1 aliphatic rings. The highest BCUT2D eigenvalue weighted by Crippen LogP contribution is 2.36. The first-order valence-corrected chi connectivity index (χ1v) is 14.1. The van der Waals surface area contributed by atoms with Crippen LogP contribution in [0.5, 0.6) is 11.5 Å². The van der Waals surface area contributed by atoms with Crippen LogP contribution in [-0.4, -0.2) is 57.1 Å². The van der Waals surface area contributed by atoms with Gasteiger partial charge in [-0.05, 0) is 32.0 Å². The molecule has 0 spiro atoms. The number of nitrogens with two attached hydrogens (primary N) is 1. The summed E-state index contributed by atoms with van der Waals surface area (Å²) in [4.78, 5) is 28.0. The molecule has 3 heterocycles. The second-order valence-electron chi connectivity index (χ2n) is 8.37. The summed E-state index contributed by atoms with van der Waals surface area (Å²) in [5, 5.41) is 6.71. The summed E-state index contributed by atoms with van der Waals surface area (Å²) in [7, 11) is 0. The molecule has 2 aromatic carbocycles. The van der Waals surface area contributed by atoms with Gasteiger partial charge in [0.15, 0.2) is 11.5 Å². The van der Waals surface area contributed by atoms with Crippen LogP contribution in [0.25, 0.3) is 21.5 Å². The summed E-state index contributed by atoms with van der Waals surface area (Å²) >= 11 is 3.29. The van der Waals surface area contributed by atoms with Gasteiger partial charge in [0, 0.05) is 46.3 Å². The van der Waals surface area contributed by atoms with Gasteiger partial charge in [0.1, 0.15) is 22.3 Å². The van der Waals surface area contributed by atoms with E-state index in [1.165, 1.54) is 11.3 Å². The molecular weight excluding hydrogens is 508 g/mol. The third-order valence-corrected chi connectivity index (χ3v) is 7.64. The number of benzene rings is 2. The number of rotatable bonds is 10. The number of thiazole rings is 1. The standard InChI is InChI=1S/C26H28N6O3S2/c1-3-34-21-11-18-19(12-22(21)35-4-2)29-23(13-32-8-9-36-15-32)31-25(18)28-17-7-5-6-16(10-17)26-30-20(14-37-26)24(27)33/h5-7,10-12,14H,3-4,8-9,13,15H2,1-2H3,(H2,27,33)(H,28,29,31). The van der Waals surface area contributed by atoms with Gasteiger partial charge in [0.25, 0.3) is 5.91 Å². The number of carbonyl (C=O) groups is 1. The molecule has 0 atom stereocenters. The largest absolute Gasteiger partial charge is 0.490 e. The lowest BCUT2D eigenvalue weighted by atomic mass is 10.1. The van der Waals surface area contributed by atoms with Crippen molar-refractivity contribution >= 4 is 51.4 Å². The minimum atomic E-state index is -0.537. The van der Waals surface area contributed by atoms with E-state index in [0.717, 1.165) is 51.2 Å². The summed E-state index contributed by atoms with van der Waals surface area (Å²) in [5.74, 6) is 4.30. The SMILES string of the molecule is CCOc1cc2nc(CN3CCSC3)nc(Nc3cccc(-c4nc(C(N)=O)cs4)c3)c2cc1OCC. The van der Waals surface area contributed by atoms with Crippen LogP contribution in [0.3, 0.4) is 0 Å². The fraction of sp³-hybridized carbons (Fsp3) is 0.308. The van der Waals surface area contributed by atoms with Crippen molar-refractivity contribution in [3.63, 3.8) is 0 Å². The summed E-state index contributed by atoms with van der Waals surface area (Å²) in [5.41, 5.74) is 8.14. The van der Waals surface area contributed by atoms with Crippen molar-refractivity contribution in [2.45, 2.75) is 20.4 Å². The second kappa shape index (κ2) is 11.3. The first-order valence-electron chi connectivity index (χ1n) is 12.1. The number of nitrogens with one attached hydrogen (secondary N) is 1. The highest BCUT2D eigenvalue weighted by atomic mass is 32.2. The maximum Gasteiger partial charge on any atom is 0.268 e. The van der Waals surface area contributed by atoms with Gasteiger partial charge in [-0.2, -0.15) is 0 Å². The summed E-state index contributed by atoms with van der Waals surface area (Å²) in [6.07, 6.45) is 0. The Labute approximate surface area is 223 Å². The average Bonchev–Trinajstić information content (AvgIpc) is 3.58. The molecule has 11 heteroatoms. The molecule has 0 radical (unpaired) electrons. The van der Waals surface area contributed by atoms with E-state index in [2.05, 4.69) is 15.2 Å². The number of carbonyl (C=O) groups excluding carboxylic acids is 1. The molecule has 0 aliphatic carbocycles. The maximum absolute atomic E-state index is 11.5. The Bertz CT molecular complexity index is 1420. The normalized spacial score (nSPS) is 13.7. The van der Waals surface area contributed by atoms with Gasteiger partial charge < -0.3 is 20.5 Å². The van der Waals surface area contributed by atoms with E-state index >= 15 is 0 Å². The zero-order valence-electron chi connectivity index (χ0n) is 20.7. The van der Waals surface area contributed by atoms with Crippen LogP contribution in [0.1, 0.15) is 30.2 Å². The number of nitrogens with zero attached hydrogens (tertiary/aromatic N) is 4. The lowest BCUT2D eigenvalue weighted by Crippen LogP contribution is -2.20. The van der Waals surface area contributed by atoms with Gasteiger partial charge >= 0.3 is 0 Å². The van der Waals surface area contributed by atoms with Crippen molar-refractivity contribution in [3.05, 3.63) is 53.3 Å². The van der Waals surface area contributed by atoms with E-state index in [1.807, 2.05) is 62.0 Å². The molecule has 2 aromatic heterocycles. The number of ether oxygens (including phenoxy) is 2. The number of fused-ring (bicyclic) bond motifs is 1. The number of primary amides is 1. The zero-order valence-corrected chi connectivity index (χ0v) is 22.3. The summed E-state index contributed by atoms with van der Waals surface area (Å²) in [6.45, 7) is 6.63. The third-order valence-electron chi connectivity index (χ3n) is 5.73. The lowest BCUT2D eigenvalue weighted by molar-refractivity contribution is 0.0996. The Morgan fingerprint density at radius 3 is 2.62 bits per heavy atom. The van der Waals surface area contributed by atoms with Crippen LogP contribution in [0, 0.1) is 0 Å². The van der Waals surface area contributed by atoms with Crippen molar-refractivity contribution in [2.75, 3.05) is 36.7 Å². The summed E-state index contributed by atoms with van der Waals surface area (Å²) in [6, 6.07) is 11.7. The zero-order chi connectivity index (χ0) is 25.8. The quantitative estimate of drug-likeness (QED) is 0.292. The van der Waals surface area contributed by atoms with Gasteiger partial charge in [-0.15, -0.1) is 23.1 Å². The van der Waals surface area contributed by atoms with Crippen LogP contribution >= 0.6 is 23.1 Å². The molecule has 5 rings (SSSR count). The van der Waals surface area contributed by atoms with Gasteiger partial charge in [0.2, 0.25) is 0 Å². The van der Waals surface area contributed by atoms with Gasteiger partial charge in [0.05, 0.1) is 25.3 Å². The van der Waals surface area contributed by atoms with E-state index in [4.69, 9.17) is 25.2 Å². The van der Waals surface area contributed by atoms with Crippen LogP contribution < -0.4 is 20.5 Å². The summed E-state index contributed by atoms with van der Waals surface area (Å²) < 4.78 is 11.7. The van der Waals surface area contributed by atoms with E-state index in [1.54, 1.807) is 5.38 Å². The molecule has 9 nitrogen and oxygen atoms in total. The predicted octanol–water partition coefficient (Wildman–Crippen LogP) is 4.90. The number of hydrogen-bond donors (Lipinski definition) is 2. The van der Waals surface area contributed by atoms with E-state index < -0.39 is 5.91 Å². The van der Waals surface area contributed by atoms with Crippen molar-refractivity contribution in [1.82, 2.24) is 19.9 Å².